The van der Waals surface area contributed by atoms with E-state index >= 15 is 0 Å². The molecular formula is C24H23F2N5O4. The van der Waals surface area contributed by atoms with Gasteiger partial charge >= 0.3 is 6.03 Å². The van der Waals surface area contributed by atoms with Gasteiger partial charge in [0.25, 0.3) is 18.2 Å². The molecule has 182 valence electrons. The molecule has 2 rings (SSSR count). The minimum atomic E-state index is -2.97. The zero-order chi connectivity index (χ0) is 25.8. The number of rotatable bonds is 8. The number of carbonyl (C=O) groups excluding carboxylic acids is 3. The number of primary amides is 1. The third-order valence-electron chi connectivity index (χ3n) is 4.53. The molecule has 0 saturated heterocycles. The van der Waals surface area contributed by atoms with Crippen molar-refractivity contribution in [2.24, 2.45) is 5.73 Å². The van der Waals surface area contributed by atoms with Crippen molar-refractivity contribution in [1.82, 2.24) is 16.1 Å². The van der Waals surface area contributed by atoms with Crippen molar-refractivity contribution in [3.8, 4) is 23.7 Å². The Kier molecular flexibility index (Phi) is 10.2. The molecule has 0 aromatic heterocycles. The topological polar surface area (TPSA) is 146 Å². The number of amides is 4. The highest BCUT2D eigenvalue weighted by Crippen LogP contribution is 2.10. The van der Waals surface area contributed by atoms with Crippen molar-refractivity contribution < 1.29 is 28.4 Å². The van der Waals surface area contributed by atoms with Crippen LogP contribution in [0.15, 0.2) is 48.5 Å². The molecule has 35 heavy (non-hydrogen) atoms. The van der Waals surface area contributed by atoms with Crippen LogP contribution in [0.4, 0.5) is 19.3 Å². The third-order valence-corrected chi connectivity index (χ3v) is 4.53. The molecule has 0 bridgehead atoms. The first-order chi connectivity index (χ1) is 16.7. The Labute approximate surface area is 200 Å². The van der Waals surface area contributed by atoms with Crippen LogP contribution in [0.25, 0.3) is 0 Å². The Morgan fingerprint density at radius 1 is 0.971 bits per heavy atom. The van der Waals surface area contributed by atoms with E-state index in [0.717, 1.165) is 0 Å². The summed E-state index contributed by atoms with van der Waals surface area (Å²) in [7, 11) is 0. The van der Waals surface area contributed by atoms with Crippen molar-refractivity contribution in [2.45, 2.75) is 25.4 Å². The molecule has 2 unspecified atom stereocenters. The summed E-state index contributed by atoms with van der Waals surface area (Å²) in [4.78, 5) is 35.2. The lowest BCUT2D eigenvalue weighted by Crippen LogP contribution is -2.59. The molecule has 2 aromatic rings. The first kappa shape index (κ1) is 26.8. The number of likely N-dealkylation sites (N-methyl/N-ethyl adjacent to an activating group) is 1. The minimum absolute atomic E-state index is 0.103. The summed E-state index contributed by atoms with van der Waals surface area (Å²) in [5.74, 6) is 9.03. The molecule has 2 aromatic carbocycles. The number of alkyl halides is 2. The van der Waals surface area contributed by atoms with Crippen molar-refractivity contribution in [2.75, 3.05) is 11.9 Å². The third kappa shape index (κ3) is 8.44. The van der Waals surface area contributed by atoms with Gasteiger partial charge in [-0.15, -0.1) is 0 Å². The van der Waals surface area contributed by atoms with Gasteiger partial charge in [-0.3, -0.25) is 14.8 Å². The second-order valence-corrected chi connectivity index (χ2v) is 6.99. The zero-order valence-electron chi connectivity index (χ0n) is 18.6. The van der Waals surface area contributed by atoms with Crippen molar-refractivity contribution in [1.29, 1.82) is 0 Å². The number of nitrogens with two attached hydrogens (primary N) is 1. The average molecular weight is 483 g/mol. The first-order valence-corrected chi connectivity index (χ1v) is 10.3. The molecule has 4 amide bonds. The fourth-order valence-electron chi connectivity index (χ4n) is 2.89. The highest BCUT2D eigenvalue weighted by Gasteiger charge is 2.35. The molecule has 2 atom stereocenters. The van der Waals surface area contributed by atoms with E-state index in [2.05, 4.69) is 39.6 Å². The SMILES string of the molecule is CCNC(C(F)F)C(NC(=O)c1ccc(C#CC#Cc2ccc(NC(N)=O)cc2)cc1)C(=O)NO. The summed E-state index contributed by atoms with van der Waals surface area (Å²) in [6, 6.07) is 8.47. The number of nitrogens with one attached hydrogen (secondary N) is 4. The number of hydrogen-bond acceptors (Lipinski definition) is 5. The van der Waals surface area contributed by atoms with Gasteiger partial charge in [-0.2, -0.15) is 0 Å². The van der Waals surface area contributed by atoms with E-state index in [1.54, 1.807) is 31.2 Å². The molecule has 0 fully saturated rings. The monoisotopic (exact) mass is 483 g/mol. The molecule has 0 heterocycles. The van der Waals surface area contributed by atoms with Crippen molar-refractivity contribution in [3.05, 3.63) is 65.2 Å². The Balaban J connectivity index is 2.06. The fourth-order valence-corrected chi connectivity index (χ4v) is 2.89. The number of hydroxylamine groups is 1. The van der Waals surface area contributed by atoms with Gasteiger partial charge < -0.3 is 21.7 Å². The Morgan fingerprint density at radius 3 is 1.97 bits per heavy atom. The van der Waals surface area contributed by atoms with Crippen LogP contribution >= 0.6 is 0 Å². The van der Waals surface area contributed by atoms with Gasteiger partial charge in [-0.25, -0.2) is 19.1 Å². The summed E-state index contributed by atoms with van der Waals surface area (Å²) in [5, 5.41) is 15.9. The smallest absolute Gasteiger partial charge is 0.316 e. The van der Waals surface area contributed by atoms with E-state index in [1.165, 1.54) is 29.7 Å². The molecule has 0 spiro atoms. The molecular weight excluding hydrogens is 460 g/mol. The van der Waals surface area contributed by atoms with Crippen LogP contribution in [0.1, 0.15) is 28.4 Å². The Morgan fingerprint density at radius 2 is 1.51 bits per heavy atom. The maximum Gasteiger partial charge on any atom is 0.316 e. The van der Waals surface area contributed by atoms with E-state index in [1.807, 2.05) is 0 Å². The number of carbonyl (C=O) groups is 3. The molecule has 0 aliphatic heterocycles. The van der Waals surface area contributed by atoms with Gasteiger partial charge in [0.1, 0.15) is 6.04 Å². The van der Waals surface area contributed by atoms with Crippen molar-refractivity contribution in [3.63, 3.8) is 0 Å². The second-order valence-electron chi connectivity index (χ2n) is 6.99. The van der Waals surface area contributed by atoms with E-state index < -0.39 is 36.4 Å². The molecule has 0 saturated carbocycles. The van der Waals surface area contributed by atoms with Gasteiger partial charge in [0, 0.05) is 22.4 Å². The van der Waals surface area contributed by atoms with Crippen LogP contribution in [-0.2, 0) is 4.79 Å². The van der Waals surface area contributed by atoms with E-state index in [-0.39, 0.29) is 12.1 Å². The number of benzene rings is 2. The lowest BCUT2D eigenvalue weighted by atomic mass is 10.1. The maximum absolute atomic E-state index is 13.3. The largest absolute Gasteiger partial charge is 0.351 e. The predicted molar refractivity (Wildman–Crippen MR) is 124 cm³/mol. The number of urea groups is 1. The van der Waals surface area contributed by atoms with Crippen LogP contribution in [0.2, 0.25) is 0 Å². The molecule has 11 heteroatoms. The highest BCUT2D eigenvalue weighted by molar-refractivity contribution is 5.97. The van der Waals surface area contributed by atoms with Gasteiger partial charge in [-0.1, -0.05) is 18.8 Å². The van der Waals surface area contributed by atoms with Crippen LogP contribution in [-0.4, -0.2) is 48.1 Å². The van der Waals surface area contributed by atoms with Crippen LogP contribution < -0.4 is 27.2 Å². The summed E-state index contributed by atoms with van der Waals surface area (Å²) >= 11 is 0. The molecule has 0 aliphatic carbocycles. The molecule has 7 N–H and O–H groups in total. The predicted octanol–water partition coefficient (Wildman–Crippen LogP) is 1.43. The van der Waals surface area contributed by atoms with E-state index in [0.29, 0.717) is 16.8 Å². The summed E-state index contributed by atoms with van der Waals surface area (Å²) in [6.45, 7) is 1.68. The number of halogens is 2. The average Bonchev–Trinajstić information content (AvgIpc) is 2.84. The van der Waals surface area contributed by atoms with Crippen LogP contribution in [0, 0.1) is 23.7 Å². The first-order valence-electron chi connectivity index (χ1n) is 10.3. The van der Waals surface area contributed by atoms with Crippen LogP contribution in [0.3, 0.4) is 0 Å². The summed E-state index contributed by atoms with van der Waals surface area (Å²) in [6.07, 6.45) is -2.97. The second kappa shape index (κ2) is 13.3. The molecule has 0 radical (unpaired) electrons. The Hall–Kier alpha value is -4.45. The van der Waals surface area contributed by atoms with E-state index in [9.17, 15) is 23.2 Å². The molecule has 9 nitrogen and oxygen atoms in total. The Bertz CT molecular complexity index is 1160. The minimum Gasteiger partial charge on any atom is -0.351 e. The lowest BCUT2D eigenvalue weighted by Gasteiger charge is -2.26. The van der Waals surface area contributed by atoms with Crippen LogP contribution in [0.5, 0.6) is 0 Å². The van der Waals surface area contributed by atoms with Gasteiger partial charge in [0.15, 0.2) is 0 Å². The normalized spacial score (nSPS) is 11.7. The quantitative estimate of drug-likeness (QED) is 0.191. The van der Waals surface area contributed by atoms with Crippen molar-refractivity contribution >= 4 is 23.5 Å². The van der Waals surface area contributed by atoms with E-state index in [4.69, 9.17) is 10.9 Å². The summed E-state index contributed by atoms with van der Waals surface area (Å²) in [5.41, 5.74) is 8.19. The lowest BCUT2D eigenvalue weighted by molar-refractivity contribution is -0.133. The number of hydrogen-bond donors (Lipinski definition) is 6. The zero-order valence-corrected chi connectivity index (χ0v) is 18.6. The van der Waals surface area contributed by atoms with Gasteiger partial charge in [0.05, 0.1) is 6.04 Å². The van der Waals surface area contributed by atoms with Gasteiger partial charge in [-0.05, 0) is 66.9 Å². The maximum atomic E-state index is 13.3. The summed E-state index contributed by atoms with van der Waals surface area (Å²) < 4.78 is 26.7. The number of anilines is 1. The van der Waals surface area contributed by atoms with Gasteiger partial charge in [0.2, 0.25) is 0 Å². The fraction of sp³-hybridized carbons (Fsp3) is 0.208. The highest BCUT2D eigenvalue weighted by atomic mass is 19.3. The molecule has 0 aliphatic rings. The standard InChI is InChI=1S/C24H23F2N5O4/c1-2-28-19(21(25)26)20(23(33)31-35)30-22(32)17-11-7-15(8-12-17)5-3-4-6-16-9-13-18(14-10-16)29-24(27)34/h7-14,19-21,28,35H,2H2,1H3,(H,30,32)(H,31,33)(H3,27,29,34).